The molecule has 0 aliphatic heterocycles. The predicted molar refractivity (Wildman–Crippen MR) is 81.8 cm³/mol. The molecule has 1 aromatic rings. The maximum atomic E-state index is 5.74. The van der Waals surface area contributed by atoms with Crippen LogP contribution in [0.5, 0.6) is 5.75 Å². The van der Waals surface area contributed by atoms with Gasteiger partial charge in [0.05, 0.1) is 7.11 Å². The molecule has 1 aromatic carbocycles. The molecule has 19 heavy (non-hydrogen) atoms. The second kappa shape index (κ2) is 7.51. The Morgan fingerprint density at radius 3 is 2.53 bits per heavy atom. The first-order chi connectivity index (χ1) is 8.97. The number of hydrogen-bond donors (Lipinski definition) is 2. The third-order valence-electron chi connectivity index (χ3n) is 3.67. The van der Waals surface area contributed by atoms with Crippen LogP contribution in [0.4, 0.5) is 0 Å². The number of nitrogens with one attached hydrogen (secondary N) is 1. The fourth-order valence-corrected chi connectivity index (χ4v) is 2.41. The molecule has 0 aliphatic rings. The van der Waals surface area contributed by atoms with Gasteiger partial charge in [-0.25, -0.2) is 0 Å². The van der Waals surface area contributed by atoms with Gasteiger partial charge in [0.15, 0.2) is 0 Å². The van der Waals surface area contributed by atoms with E-state index in [1.165, 1.54) is 22.3 Å². The van der Waals surface area contributed by atoms with Crippen molar-refractivity contribution in [2.24, 2.45) is 5.73 Å². The fourth-order valence-electron chi connectivity index (χ4n) is 2.41. The molecule has 1 rings (SSSR count). The molecule has 3 N–H and O–H groups in total. The number of benzene rings is 1. The standard InChI is InChI=1S/C16H28N2O/c1-11-9-15(10-18-8-6-7-12(2)17)13(3)14(4)16(11)19-5/h9,12,18H,6-8,10,17H2,1-5H3. The summed E-state index contributed by atoms with van der Waals surface area (Å²) in [6.45, 7) is 10.4. The lowest BCUT2D eigenvalue weighted by Crippen LogP contribution is -2.20. The molecule has 0 radical (unpaired) electrons. The van der Waals surface area contributed by atoms with Gasteiger partial charge in [0.25, 0.3) is 0 Å². The second-order valence-electron chi connectivity index (χ2n) is 5.43. The van der Waals surface area contributed by atoms with Crippen molar-refractivity contribution in [3.8, 4) is 5.75 Å². The van der Waals surface area contributed by atoms with E-state index in [1.54, 1.807) is 7.11 Å². The molecule has 0 bridgehead atoms. The van der Waals surface area contributed by atoms with E-state index in [4.69, 9.17) is 10.5 Å². The Kier molecular flexibility index (Phi) is 6.32. The molecule has 0 saturated heterocycles. The van der Waals surface area contributed by atoms with Crippen LogP contribution < -0.4 is 15.8 Å². The normalized spacial score (nSPS) is 12.5. The molecule has 0 amide bonds. The number of ether oxygens (including phenoxy) is 1. The van der Waals surface area contributed by atoms with Gasteiger partial charge < -0.3 is 15.8 Å². The van der Waals surface area contributed by atoms with Gasteiger partial charge in [-0.1, -0.05) is 6.07 Å². The zero-order valence-electron chi connectivity index (χ0n) is 13.0. The number of hydrogen-bond acceptors (Lipinski definition) is 3. The molecule has 108 valence electrons. The van der Waals surface area contributed by atoms with Gasteiger partial charge in [0.2, 0.25) is 0 Å². The average Bonchev–Trinajstić information content (AvgIpc) is 2.35. The summed E-state index contributed by atoms with van der Waals surface area (Å²) in [6.07, 6.45) is 2.21. The Balaban J connectivity index is 2.60. The van der Waals surface area contributed by atoms with Crippen molar-refractivity contribution in [1.82, 2.24) is 5.32 Å². The second-order valence-corrected chi connectivity index (χ2v) is 5.43. The molecule has 0 aliphatic carbocycles. The average molecular weight is 264 g/mol. The first-order valence-corrected chi connectivity index (χ1v) is 7.07. The lowest BCUT2D eigenvalue weighted by molar-refractivity contribution is 0.408. The van der Waals surface area contributed by atoms with Crippen molar-refractivity contribution < 1.29 is 4.74 Å². The maximum absolute atomic E-state index is 5.74. The van der Waals surface area contributed by atoms with Crippen LogP contribution in [0.2, 0.25) is 0 Å². The third kappa shape index (κ3) is 4.51. The van der Waals surface area contributed by atoms with Gasteiger partial charge in [-0.15, -0.1) is 0 Å². The van der Waals surface area contributed by atoms with E-state index in [0.717, 1.165) is 31.7 Å². The van der Waals surface area contributed by atoms with Crippen LogP contribution >= 0.6 is 0 Å². The van der Waals surface area contributed by atoms with Crippen molar-refractivity contribution in [2.45, 2.75) is 53.1 Å². The van der Waals surface area contributed by atoms with Crippen LogP contribution in [-0.4, -0.2) is 19.7 Å². The number of nitrogens with two attached hydrogens (primary N) is 1. The van der Waals surface area contributed by atoms with E-state index in [-0.39, 0.29) is 0 Å². The highest BCUT2D eigenvalue weighted by Gasteiger charge is 2.10. The van der Waals surface area contributed by atoms with Gasteiger partial charge in [0.1, 0.15) is 5.75 Å². The lowest BCUT2D eigenvalue weighted by Gasteiger charge is -2.16. The monoisotopic (exact) mass is 264 g/mol. The van der Waals surface area contributed by atoms with E-state index < -0.39 is 0 Å². The zero-order chi connectivity index (χ0) is 14.4. The largest absolute Gasteiger partial charge is 0.496 e. The highest BCUT2D eigenvalue weighted by Crippen LogP contribution is 2.28. The fraction of sp³-hybridized carbons (Fsp3) is 0.625. The third-order valence-corrected chi connectivity index (χ3v) is 3.67. The molecule has 0 heterocycles. The van der Waals surface area contributed by atoms with Crippen molar-refractivity contribution in [3.63, 3.8) is 0 Å². The van der Waals surface area contributed by atoms with E-state index in [9.17, 15) is 0 Å². The Hall–Kier alpha value is -1.06. The van der Waals surface area contributed by atoms with Crippen LogP contribution in [0, 0.1) is 20.8 Å². The van der Waals surface area contributed by atoms with E-state index in [2.05, 4.69) is 39.1 Å². The summed E-state index contributed by atoms with van der Waals surface area (Å²) in [5, 5.41) is 3.49. The Morgan fingerprint density at radius 1 is 1.26 bits per heavy atom. The summed E-state index contributed by atoms with van der Waals surface area (Å²) in [5.74, 6) is 1.01. The Labute approximate surface area is 117 Å². The molecular formula is C16H28N2O. The van der Waals surface area contributed by atoms with E-state index in [1.807, 2.05) is 0 Å². The maximum Gasteiger partial charge on any atom is 0.124 e. The summed E-state index contributed by atoms with van der Waals surface area (Å²) in [4.78, 5) is 0. The lowest BCUT2D eigenvalue weighted by atomic mass is 9.98. The van der Waals surface area contributed by atoms with Gasteiger partial charge in [0, 0.05) is 12.6 Å². The van der Waals surface area contributed by atoms with E-state index in [0.29, 0.717) is 6.04 Å². The van der Waals surface area contributed by atoms with Crippen molar-refractivity contribution in [3.05, 3.63) is 28.3 Å². The van der Waals surface area contributed by atoms with Gasteiger partial charge >= 0.3 is 0 Å². The quantitative estimate of drug-likeness (QED) is 0.744. The summed E-state index contributed by atoms with van der Waals surface area (Å²) < 4.78 is 5.45. The van der Waals surface area contributed by atoms with Crippen LogP contribution in [0.3, 0.4) is 0 Å². The van der Waals surface area contributed by atoms with Crippen LogP contribution in [0.1, 0.15) is 42.0 Å². The SMILES string of the molecule is COc1c(C)cc(CNCCCC(C)N)c(C)c1C. The number of rotatable bonds is 7. The van der Waals surface area contributed by atoms with Gasteiger partial charge in [-0.05, 0) is 69.3 Å². The molecule has 0 spiro atoms. The summed E-state index contributed by atoms with van der Waals surface area (Å²) >= 11 is 0. The predicted octanol–water partition coefficient (Wildman–Crippen LogP) is 2.84. The molecular weight excluding hydrogens is 236 g/mol. The zero-order valence-corrected chi connectivity index (χ0v) is 13.0. The van der Waals surface area contributed by atoms with Crippen LogP contribution in [-0.2, 0) is 6.54 Å². The van der Waals surface area contributed by atoms with Crippen molar-refractivity contribution in [2.75, 3.05) is 13.7 Å². The molecule has 0 saturated carbocycles. The topological polar surface area (TPSA) is 47.3 Å². The molecule has 3 heteroatoms. The van der Waals surface area contributed by atoms with E-state index >= 15 is 0 Å². The summed E-state index contributed by atoms with van der Waals surface area (Å²) in [7, 11) is 1.74. The first-order valence-electron chi connectivity index (χ1n) is 7.07. The molecule has 0 fully saturated rings. The minimum atomic E-state index is 0.300. The minimum absolute atomic E-state index is 0.300. The van der Waals surface area contributed by atoms with Crippen molar-refractivity contribution >= 4 is 0 Å². The highest BCUT2D eigenvalue weighted by molar-refractivity contribution is 5.48. The van der Waals surface area contributed by atoms with Crippen LogP contribution in [0.25, 0.3) is 0 Å². The Bertz CT molecular complexity index is 414. The minimum Gasteiger partial charge on any atom is -0.496 e. The first kappa shape index (κ1) is 16.0. The van der Waals surface area contributed by atoms with Crippen LogP contribution in [0.15, 0.2) is 6.07 Å². The number of methoxy groups -OCH3 is 1. The van der Waals surface area contributed by atoms with Gasteiger partial charge in [-0.3, -0.25) is 0 Å². The highest BCUT2D eigenvalue weighted by atomic mass is 16.5. The molecule has 0 aromatic heterocycles. The molecule has 3 nitrogen and oxygen atoms in total. The molecule has 1 atom stereocenters. The number of aryl methyl sites for hydroxylation is 1. The van der Waals surface area contributed by atoms with Crippen molar-refractivity contribution in [1.29, 1.82) is 0 Å². The molecule has 1 unspecified atom stereocenters. The van der Waals surface area contributed by atoms with Gasteiger partial charge in [-0.2, -0.15) is 0 Å². The Morgan fingerprint density at radius 2 is 1.95 bits per heavy atom. The summed E-state index contributed by atoms with van der Waals surface area (Å²) in [6, 6.07) is 2.52. The summed E-state index contributed by atoms with van der Waals surface area (Å²) in [5.41, 5.74) is 10.9. The smallest absolute Gasteiger partial charge is 0.124 e.